The van der Waals surface area contributed by atoms with Crippen LogP contribution in [-0.4, -0.2) is 86.2 Å². The Bertz CT molecular complexity index is 3710. The van der Waals surface area contributed by atoms with Gasteiger partial charge in [-0.1, -0.05) is 145 Å². The molecule has 8 bridgehead atoms. The van der Waals surface area contributed by atoms with Gasteiger partial charge in [0, 0.05) is 124 Å². The molecule has 2 aliphatic rings. The van der Waals surface area contributed by atoms with Crippen molar-refractivity contribution >= 4 is 132 Å². The summed E-state index contributed by atoms with van der Waals surface area (Å²) in [4.78, 5) is 52.2. The average Bonchev–Trinajstić information content (AvgIpc) is 3.98. The lowest BCUT2D eigenvalue weighted by Gasteiger charge is -2.27. The van der Waals surface area contributed by atoms with Crippen LogP contribution < -0.4 is 4.90 Å². The predicted molar refractivity (Wildman–Crippen MR) is 359 cm³/mol. The number of aromatic nitrogens is 8. The number of anilines is 1. The van der Waals surface area contributed by atoms with Gasteiger partial charge in [-0.2, -0.15) is 0 Å². The van der Waals surface area contributed by atoms with Crippen LogP contribution in [0.1, 0.15) is 159 Å². The summed E-state index contributed by atoms with van der Waals surface area (Å²) in [5.74, 6) is 2.39. The van der Waals surface area contributed by atoms with E-state index in [-0.39, 0.29) is 33.2 Å². The fraction of sp³-hybridized carbons (Fsp3) is 0.500. The van der Waals surface area contributed by atoms with E-state index in [0.29, 0.717) is 45.9 Å². The molecular weight excluding hydrogens is 1120 g/mol. The molecule has 0 saturated heterocycles. The second-order valence-corrected chi connectivity index (χ2v) is 40.8. The first kappa shape index (κ1) is 61.1. The number of fused-ring (bicyclic) bond motifs is 20. The zero-order valence-corrected chi connectivity index (χ0v) is 57.2. The first-order valence-electron chi connectivity index (χ1n) is 27.9. The summed E-state index contributed by atoms with van der Waals surface area (Å²) < 4.78 is -0.377. The molecule has 9 rings (SSSR count). The molecule has 3 aromatic heterocycles. The maximum atomic E-state index is 5.66. The van der Waals surface area contributed by atoms with Crippen LogP contribution >= 0.6 is 82.3 Å². The van der Waals surface area contributed by atoms with Crippen LogP contribution in [0.5, 0.6) is 0 Å². The van der Waals surface area contributed by atoms with E-state index in [2.05, 4.69) is 223 Å². The van der Waals surface area contributed by atoms with E-state index < -0.39 is 0 Å². The third kappa shape index (κ3) is 14.3. The smallest absolute Gasteiger partial charge is 0.164 e. The van der Waals surface area contributed by atoms with Gasteiger partial charge in [-0.3, -0.25) is 0 Å². The third-order valence-corrected chi connectivity index (χ3v) is 20.7. The van der Waals surface area contributed by atoms with Crippen molar-refractivity contribution in [3.8, 4) is 45.6 Å². The van der Waals surface area contributed by atoms with Crippen LogP contribution in [-0.2, 0) is 0 Å². The van der Waals surface area contributed by atoms with Gasteiger partial charge in [0.2, 0.25) is 0 Å². The van der Waals surface area contributed by atoms with E-state index in [0.717, 1.165) is 56.9 Å². The monoisotopic (exact) mass is 1200 g/mol. The topological polar surface area (TPSA) is 112 Å². The van der Waals surface area contributed by atoms with Crippen LogP contribution in [0.4, 0.5) is 5.69 Å². The maximum absolute atomic E-state index is 5.66. The van der Waals surface area contributed by atoms with Crippen molar-refractivity contribution in [2.75, 3.05) is 18.0 Å². The number of thioether (sulfide) groups is 7. The van der Waals surface area contributed by atoms with Crippen molar-refractivity contribution in [1.29, 1.82) is 0 Å². The van der Waals surface area contributed by atoms with Gasteiger partial charge in [0.1, 0.15) is 22.6 Å². The van der Waals surface area contributed by atoms with Gasteiger partial charge in [0.05, 0.1) is 5.69 Å². The summed E-state index contributed by atoms with van der Waals surface area (Å²) in [7, 11) is 0. The standard InChI is InChI=1S/C64H83N9S7/c1-24-73(25-2)42-26-34-35(27-43(42)74-58(3,4)5)51-65-50(34)66-52-36-28-44(75-59(6,7)8)45(76-60(9,10)11)29-37(36)54(68-52)70-56-40-32-48(79-63(18,19)20)49(80-64(21,22)23)33-41(40)57(72-56)71-55-39-31-47(78-62(15,16)17)46(77-61(12,13)14)30-38(39)53(67-51)69-55/h26-33H,24-25H2,1-23H3,(H2,65,66,67,68,69,70,71,72). The van der Waals surface area contributed by atoms with Crippen molar-refractivity contribution in [3.05, 3.63) is 48.5 Å². The molecule has 2 N–H and O–H groups in total. The second kappa shape index (κ2) is 21.8. The predicted octanol–water partition coefficient (Wildman–Crippen LogP) is 20.9. The first-order valence-corrected chi connectivity index (χ1v) is 33.6. The van der Waals surface area contributed by atoms with E-state index in [9.17, 15) is 0 Å². The van der Waals surface area contributed by atoms with Crippen molar-refractivity contribution in [2.45, 2.75) is 227 Å². The fourth-order valence-electron chi connectivity index (χ4n) is 9.51. The minimum atomic E-state index is -0.0593. The third-order valence-electron chi connectivity index (χ3n) is 12.1. The normalized spacial score (nSPS) is 13.6. The molecule has 2 aliphatic heterocycles. The van der Waals surface area contributed by atoms with E-state index in [4.69, 9.17) is 29.9 Å². The quantitative estimate of drug-likeness (QED) is 0.127. The van der Waals surface area contributed by atoms with Gasteiger partial charge in [-0.05, 0) is 62.4 Å². The SMILES string of the molecule is CCN(CC)c1cc2c(cc1SC(C)(C)C)-c1nc-2nc2[nH]c(nc3nc(nc4[nH]c(n1)c1cc(SC(C)(C)C)c(SC(C)(C)C)cc41)-c1cc(SC(C)(C)C)c(SC(C)(C)C)cc1-3)c1cc(SC(C)(C)C)c(SC(C)(C)C)cc21. The number of rotatable bonds is 10. The van der Waals surface area contributed by atoms with Crippen LogP contribution in [0.3, 0.4) is 0 Å². The number of nitrogens with zero attached hydrogens (tertiary/aromatic N) is 7. The van der Waals surface area contributed by atoms with Crippen molar-refractivity contribution in [2.24, 2.45) is 0 Å². The highest BCUT2D eigenvalue weighted by Crippen LogP contribution is 2.52. The van der Waals surface area contributed by atoms with Crippen molar-refractivity contribution < 1.29 is 0 Å². The summed E-state index contributed by atoms with van der Waals surface area (Å²) in [5.41, 5.74) is 7.68. The zero-order valence-electron chi connectivity index (χ0n) is 51.5. The maximum Gasteiger partial charge on any atom is 0.164 e. The van der Waals surface area contributed by atoms with E-state index in [1.54, 1.807) is 0 Å². The second-order valence-electron chi connectivity index (χ2n) is 27.7. The molecule has 0 spiro atoms. The molecule has 7 aromatic rings. The number of hydrogen-bond donors (Lipinski definition) is 2. The van der Waals surface area contributed by atoms with Crippen LogP contribution in [0, 0.1) is 0 Å². The fourth-order valence-corrected chi connectivity index (χ4v) is 17.4. The summed E-state index contributed by atoms with van der Waals surface area (Å²) in [6.07, 6.45) is 0. The Morgan fingerprint density at radius 3 is 0.750 bits per heavy atom. The number of benzene rings is 4. The summed E-state index contributed by atoms with van der Waals surface area (Å²) in [6.45, 7) is 54.1. The summed E-state index contributed by atoms with van der Waals surface area (Å²) >= 11 is 13.2. The first-order chi connectivity index (χ1) is 36.8. The molecule has 0 radical (unpaired) electrons. The van der Waals surface area contributed by atoms with Gasteiger partial charge in [-0.15, -0.1) is 82.3 Å². The number of aromatic amines is 2. The Morgan fingerprint density at radius 1 is 0.300 bits per heavy atom. The Hall–Kier alpha value is -3.51. The molecule has 4 aromatic carbocycles. The molecule has 426 valence electrons. The highest BCUT2D eigenvalue weighted by Gasteiger charge is 2.31. The van der Waals surface area contributed by atoms with E-state index in [1.165, 1.54) is 40.0 Å². The van der Waals surface area contributed by atoms with Crippen LogP contribution in [0.2, 0.25) is 0 Å². The summed E-state index contributed by atoms with van der Waals surface area (Å²) in [6, 6.07) is 18.6. The molecule has 0 atom stereocenters. The average molecular weight is 1200 g/mol. The Labute approximate surface area is 506 Å². The lowest BCUT2D eigenvalue weighted by atomic mass is 10.1. The van der Waals surface area contributed by atoms with Crippen molar-refractivity contribution in [1.82, 2.24) is 39.9 Å². The highest BCUT2D eigenvalue weighted by atomic mass is 32.2. The van der Waals surface area contributed by atoms with Crippen molar-refractivity contribution in [3.63, 3.8) is 0 Å². The lowest BCUT2D eigenvalue weighted by molar-refractivity contribution is 0.795. The minimum Gasteiger partial charge on any atom is -0.371 e. The molecule has 0 amide bonds. The van der Waals surface area contributed by atoms with Gasteiger partial charge in [0.25, 0.3) is 0 Å². The van der Waals surface area contributed by atoms with Gasteiger partial charge >= 0.3 is 0 Å². The molecule has 0 unspecified atom stereocenters. The molecule has 16 heteroatoms. The lowest BCUT2D eigenvalue weighted by Crippen LogP contribution is -2.23. The number of H-pyrrole nitrogens is 2. The Balaban J connectivity index is 1.51. The van der Waals surface area contributed by atoms with Gasteiger partial charge in [-0.25, -0.2) is 29.9 Å². The van der Waals surface area contributed by atoms with E-state index >= 15 is 0 Å². The zero-order chi connectivity index (χ0) is 58.6. The molecule has 0 fully saturated rings. The molecule has 80 heavy (non-hydrogen) atoms. The Kier molecular flexibility index (Phi) is 16.7. The van der Waals surface area contributed by atoms with Crippen LogP contribution in [0.25, 0.3) is 89.7 Å². The molecular formula is C64H83N9S7. The molecule has 9 nitrogen and oxygen atoms in total. The molecule has 0 saturated carbocycles. The Morgan fingerprint density at radius 2 is 0.512 bits per heavy atom. The van der Waals surface area contributed by atoms with Gasteiger partial charge in [0.15, 0.2) is 23.3 Å². The van der Waals surface area contributed by atoms with E-state index in [1.807, 2.05) is 82.3 Å². The minimum absolute atomic E-state index is 0.0522. The number of hydrogen-bond acceptors (Lipinski definition) is 14. The molecule has 5 heterocycles. The summed E-state index contributed by atoms with van der Waals surface area (Å²) in [5, 5.41) is 3.88. The van der Waals surface area contributed by atoms with Crippen LogP contribution in [0.15, 0.2) is 82.8 Å². The number of nitrogens with one attached hydrogen (secondary N) is 2. The van der Waals surface area contributed by atoms with Gasteiger partial charge < -0.3 is 14.9 Å². The highest BCUT2D eigenvalue weighted by molar-refractivity contribution is 8.04. The molecule has 0 aliphatic carbocycles. The largest absolute Gasteiger partial charge is 0.371 e.